The molecule has 2 aromatic rings. The third kappa shape index (κ3) is 6.84. The van der Waals surface area contributed by atoms with Crippen LogP contribution in [0.4, 0.5) is 42.2 Å². The summed E-state index contributed by atoms with van der Waals surface area (Å²) in [6.07, 6.45) is -1.46. The zero-order valence-electron chi connectivity index (χ0n) is 21.8. The fourth-order valence-electron chi connectivity index (χ4n) is 4.74. The highest BCUT2D eigenvalue weighted by Gasteiger charge is 2.52. The number of aliphatic carboxylic acids is 1. The molecule has 224 valence electrons. The molecule has 0 spiro atoms. The number of fused-ring (bicyclic) bond motifs is 1. The van der Waals surface area contributed by atoms with E-state index in [0.29, 0.717) is 19.8 Å². The summed E-state index contributed by atoms with van der Waals surface area (Å²) in [5, 5.41) is 5.56. The van der Waals surface area contributed by atoms with Gasteiger partial charge in [0, 0.05) is 42.8 Å². The van der Waals surface area contributed by atoms with Gasteiger partial charge in [-0.15, -0.1) is 0 Å². The molecule has 0 bridgehead atoms. The van der Waals surface area contributed by atoms with Gasteiger partial charge in [-0.2, -0.15) is 8.78 Å². The number of aromatic nitrogens is 1. The topological polar surface area (TPSA) is 62.7 Å². The molecular formula is C27H27F7N2O3S2. The van der Waals surface area contributed by atoms with E-state index in [0.717, 1.165) is 17.8 Å². The zero-order valence-corrected chi connectivity index (χ0v) is 23.5. The van der Waals surface area contributed by atoms with Crippen LogP contribution in [0.15, 0.2) is 40.3 Å². The van der Waals surface area contributed by atoms with Crippen LogP contribution in [0.5, 0.6) is 5.75 Å². The van der Waals surface area contributed by atoms with Gasteiger partial charge in [-0.3, -0.25) is 4.79 Å². The molecule has 5 nitrogen and oxygen atoms in total. The van der Waals surface area contributed by atoms with E-state index in [1.54, 1.807) is 0 Å². The monoisotopic (exact) mass is 624 g/mol. The Kier molecular flexibility index (Phi) is 7.88. The van der Waals surface area contributed by atoms with Crippen molar-refractivity contribution < 1.29 is 45.4 Å². The van der Waals surface area contributed by atoms with Crippen LogP contribution in [-0.4, -0.2) is 51.6 Å². The van der Waals surface area contributed by atoms with Gasteiger partial charge < -0.3 is 14.7 Å². The van der Waals surface area contributed by atoms with Crippen molar-refractivity contribution in [1.29, 1.82) is 0 Å². The molecule has 1 aliphatic heterocycles. The van der Waals surface area contributed by atoms with Crippen LogP contribution in [0.3, 0.4) is 0 Å². The summed E-state index contributed by atoms with van der Waals surface area (Å²) in [4.78, 5) is 17.5. The SMILES string of the molecule is CC(F)(F)CCC1CN(c2cccc(F)c2)c2nc(SC3CC(F)(F)C3)c(OCC3(C(=O)O)CC3)cc2SC1(F)F. The molecule has 0 amide bonds. The van der Waals surface area contributed by atoms with Crippen LogP contribution in [0.25, 0.3) is 0 Å². The molecule has 41 heavy (non-hydrogen) atoms. The Hall–Kier alpha value is -2.35. The number of hydrogen-bond donors (Lipinski definition) is 1. The van der Waals surface area contributed by atoms with Crippen molar-refractivity contribution in [3.8, 4) is 5.75 Å². The van der Waals surface area contributed by atoms with Crippen LogP contribution < -0.4 is 9.64 Å². The van der Waals surface area contributed by atoms with E-state index >= 15 is 8.78 Å². The molecular weight excluding hydrogens is 597 g/mol. The average Bonchev–Trinajstić information content (AvgIpc) is 3.64. The summed E-state index contributed by atoms with van der Waals surface area (Å²) in [5.41, 5.74) is -0.966. The van der Waals surface area contributed by atoms with E-state index in [9.17, 15) is 31.9 Å². The number of benzene rings is 1. The minimum Gasteiger partial charge on any atom is -0.490 e. The number of thioether (sulfide) groups is 2. The maximum atomic E-state index is 15.6. The Morgan fingerprint density at radius 3 is 2.51 bits per heavy atom. The van der Waals surface area contributed by atoms with E-state index in [2.05, 4.69) is 4.98 Å². The van der Waals surface area contributed by atoms with Gasteiger partial charge >= 0.3 is 11.2 Å². The molecule has 1 aromatic carbocycles. The van der Waals surface area contributed by atoms with Gasteiger partial charge in [-0.1, -0.05) is 17.8 Å². The van der Waals surface area contributed by atoms with Crippen LogP contribution in [0.2, 0.25) is 0 Å². The highest BCUT2D eigenvalue weighted by Crippen LogP contribution is 2.55. The summed E-state index contributed by atoms with van der Waals surface area (Å²) in [7, 11) is 0. The number of nitrogens with zero attached hydrogens (tertiary/aromatic N) is 2. The molecule has 2 fully saturated rings. The number of ether oxygens (including phenoxy) is 1. The van der Waals surface area contributed by atoms with Crippen molar-refractivity contribution in [2.75, 3.05) is 18.1 Å². The standard InChI is InChI=1S/C27H27F7N2O3S2/c1-24(29,30)6-5-15-13-36(17-4-2-3-16(28)9-17)21-20(41-27(15,33)34)10-19(39-14-25(7-8-25)23(37)38)22(35-21)40-18-11-26(31,32)12-18/h2-4,9-10,15,18H,5-8,11-14H2,1H3,(H,37,38). The first kappa shape index (κ1) is 30.1. The summed E-state index contributed by atoms with van der Waals surface area (Å²) in [5.74, 6) is -9.38. The number of alkyl halides is 6. The number of hydrogen-bond acceptors (Lipinski definition) is 6. The van der Waals surface area contributed by atoms with E-state index in [4.69, 9.17) is 4.74 Å². The van der Waals surface area contributed by atoms with Crippen LogP contribution in [-0.2, 0) is 4.79 Å². The second-order valence-corrected chi connectivity index (χ2v) is 13.5. The second-order valence-electron chi connectivity index (χ2n) is 11.1. The molecule has 2 saturated carbocycles. The average molecular weight is 625 g/mol. The fraction of sp³-hybridized carbons (Fsp3) is 0.556. The molecule has 1 atom stereocenters. The van der Waals surface area contributed by atoms with E-state index in [1.165, 1.54) is 29.2 Å². The summed E-state index contributed by atoms with van der Waals surface area (Å²) < 4.78 is 106. The zero-order chi connectivity index (χ0) is 29.8. The van der Waals surface area contributed by atoms with Gasteiger partial charge in [0.2, 0.25) is 11.8 Å². The lowest BCUT2D eigenvalue weighted by Gasteiger charge is -2.34. The number of carboxylic acid groups (broad SMARTS) is 1. The van der Waals surface area contributed by atoms with Crippen molar-refractivity contribution in [3.63, 3.8) is 0 Å². The molecule has 2 heterocycles. The predicted octanol–water partition coefficient (Wildman–Crippen LogP) is 8.24. The lowest BCUT2D eigenvalue weighted by atomic mass is 9.94. The Labute approximate surface area is 240 Å². The Balaban J connectivity index is 1.56. The first-order valence-electron chi connectivity index (χ1n) is 13.0. The van der Waals surface area contributed by atoms with Gasteiger partial charge in [-0.05, 0) is 56.1 Å². The summed E-state index contributed by atoms with van der Waals surface area (Å²) >= 11 is 1.08. The van der Waals surface area contributed by atoms with Crippen LogP contribution in [0.1, 0.15) is 45.4 Å². The molecule has 14 heteroatoms. The lowest BCUT2D eigenvalue weighted by molar-refractivity contribution is -0.144. The molecule has 1 unspecified atom stereocenters. The smallest absolute Gasteiger partial charge is 0.313 e. The maximum Gasteiger partial charge on any atom is 0.313 e. The van der Waals surface area contributed by atoms with Crippen molar-refractivity contribution in [3.05, 3.63) is 36.1 Å². The Morgan fingerprint density at radius 1 is 1.22 bits per heavy atom. The normalized spacial score (nSPS) is 22.8. The third-order valence-corrected chi connectivity index (χ3v) is 9.78. The predicted molar refractivity (Wildman–Crippen MR) is 140 cm³/mol. The van der Waals surface area contributed by atoms with Gasteiger partial charge in [0.05, 0.1) is 10.8 Å². The second kappa shape index (κ2) is 10.7. The van der Waals surface area contributed by atoms with Gasteiger partial charge in [-0.25, -0.2) is 26.9 Å². The fourth-order valence-corrected chi connectivity index (χ4v) is 7.15. The highest BCUT2D eigenvalue weighted by molar-refractivity contribution is 8.00. The van der Waals surface area contributed by atoms with Gasteiger partial charge in [0.1, 0.15) is 28.7 Å². The van der Waals surface area contributed by atoms with E-state index in [-0.39, 0.29) is 45.5 Å². The molecule has 3 aliphatic rings. The molecule has 1 aromatic heterocycles. The molecule has 2 aliphatic carbocycles. The Bertz CT molecular complexity index is 1310. The first-order chi connectivity index (χ1) is 19.1. The number of halogens is 7. The largest absolute Gasteiger partial charge is 0.490 e. The van der Waals surface area contributed by atoms with E-state index < -0.39 is 77.7 Å². The van der Waals surface area contributed by atoms with E-state index in [1.807, 2.05) is 0 Å². The van der Waals surface area contributed by atoms with Crippen LogP contribution in [0, 0.1) is 17.2 Å². The van der Waals surface area contributed by atoms with Crippen molar-refractivity contribution in [1.82, 2.24) is 4.98 Å². The molecule has 1 N–H and O–H groups in total. The van der Waals surface area contributed by atoms with Gasteiger partial charge in [0.25, 0.3) is 0 Å². The molecule has 5 rings (SSSR count). The van der Waals surface area contributed by atoms with Crippen molar-refractivity contribution in [2.24, 2.45) is 11.3 Å². The quantitative estimate of drug-likeness (QED) is 0.267. The van der Waals surface area contributed by atoms with Crippen molar-refractivity contribution >= 4 is 41.0 Å². The number of rotatable bonds is 10. The number of carboxylic acids is 1. The van der Waals surface area contributed by atoms with Gasteiger partial charge in [0.15, 0.2) is 5.75 Å². The third-order valence-electron chi connectivity index (χ3n) is 7.47. The first-order valence-corrected chi connectivity index (χ1v) is 14.7. The Morgan fingerprint density at radius 2 is 1.93 bits per heavy atom. The van der Waals surface area contributed by atoms with Crippen molar-refractivity contribution in [2.45, 2.75) is 77.7 Å². The minimum atomic E-state index is -3.54. The number of carbonyl (C=O) groups is 1. The minimum absolute atomic E-state index is 0.0219. The summed E-state index contributed by atoms with van der Waals surface area (Å²) in [6.45, 7) is -0.0793. The summed E-state index contributed by atoms with van der Waals surface area (Å²) in [6, 6.07) is 6.39. The highest BCUT2D eigenvalue weighted by atomic mass is 32.2. The van der Waals surface area contributed by atoms with Crippen LogP contribution >= 0.6 is 23.5 Å². The number of pyridine rings is 1. The molecule has 0 radical (unpaired) electrons. The lowest BCUT2D eigenvalue weighted by Crippen LogP contribution is -2.37. The molecule has 0 saturated heterocycles. The number of anilines is 2. The maximum absolute atomic E-state index is 15.6.